The van der Waals surface area contributed by atoms with Gasteiger partial charge in [0.25, 0.3) is 0 Å². The summed E-state index contributed by atoms with van der Waals surface area (Å²) >= 11 is 0. The molecule has 1 aliphatic rings. The predicted octanol–water partition coefficient (Wildman–Crippen LogP) is 4.95. The summed E-state index contributed by atoms with van der Waals surface area (Å²) in [6.45, 7) is 18.1. The zero-order valence-corrected chi connectivity index (χ0v) is 21.7. The molecule has 2 N–H and O–H groups in total. The molecule has 0 saturated carbocycles. The Morgan fingerprint density at radius 1 is 1.09 bits per heavy atom. The van der Waals surface area contributed by atoms with Crippen LogP contribution < -0.4 is 15.5 Å². The van der Waals surface area contributed by atoms with Gasteiger partial charge in [-0.2, -0.15) is 0 Å². The molecule has 0 aliphatic carbocycles. The molecule has 10 heteroatoms. The van der Waals surface area contributed by atoms with Crippen LogP contribution in [-0.2, 0) is 25.6 Å². The summed E-state index contributed by atoms with van der Waals surface area (Å²) in [6, 6.07) is 2.63. The van der Waals surface area contributed by atoms with Gasteiger partial charge in [-0.25, -0.2) is 14.0 Å². The first kappa shape index (κ1) is 28.2. The lowest BCUT2D eigenvalue weighted by Gasteiger charge is -2.30. The van der Waals surface area contributed by atoms with E-state index >= 15 is 4.39 Å². The van der Waals surface area contributed by atoms with Gasteiger partial charge in [0.15, 0.2) is 5.82 Å². The summed E-state index contributed by atoms with van der Waals surface area (Å²) in [5.74, 6) is -0.268. The van der Waals surface area contributed by atoms with Crippen LogP contribution in [-0.4, -0.2) is 55.7 Å². The molecule has 1 aromatic carbocycles. The summed E-state index contributed by atoms with van der Waals surface area (Å²) in [7, 11) is 0. The predicted molar refractivity (Wildman–Crippen MR) is 132 cm³/mol. The first-order chi connectivity index (χ1) is 16.1. The van der Waals surface area contributed by atoms with Crippen molar-refractivity contribution in [1.29, 1.82) is 0 Å². The molecule has 0 bridgehead atoms. The van der Waals surface area contributed by atoms with E-state index in [0.29, 0.717) is 43.3 Å². The van der Waals surface area contributed by atoms with E-state index in [1.54, 1.807) is 54.5 Å². The molecule has 2 amide bonds. The normalized spacial score (nSPS) is 15.1. The number of carbonyl (C=O) groups excluding carboxylic acids is 2. The highest BCUT2D eigenvalue weighted by atomic mass is 19.1. The zero-order chi connectivity index (χ0) is 26.4. The van der Waals surface area contributed by atoms with Gasteiger partial charge in [0, 0.05) is 13.1 Å². The van der Waals surface area contributed by atoms with E-state index in [1.165, 1.54) is 6.07 Å². The van der Waals surface area contributed by atoms with Gasteiger partial charge in [-0.3, -0.25) is 5.32 Å². The molecule has 2 rings (SSSR count). The van der Waals surface area contributed by atoms with E-state index in [9.17, 15) is 9.59 Å². The van der Waals surface area contributed by atoms with E-state index in [2.05, 4.69) is 17.2 Å². The van der Waals surface area contributed by atoms with Crippen LogP contribution in [0, 0.1) is 5.82 Å². The molecule has 9 nitrogen and oxygen atoms in total. The lowest BCUT2D eigenvalue weighted by atomic mass is 10.1. The Hall–Kier alpha value is -3.01. The largest absolute Gasteiger partial charge is 0.492 e. The van der Waals surface area contributed by atoms with Crippen LogP contribution in [0.15, 0.2) is 24.5 Å². The third kappa shape index (κ3) is 9.64. The summed E-state index contributed by atoms with van der Waals surface area (Å²) in [5, 5.41) is 5.16. The summed E-state index contributed by atoms with van der Waals surface area (Å²) < 4.78 is 37.0. The number of halogens is 1. The highest BCUT2D eigenvalue weighted by molar-refractivity contribution is 5.86. The first-order valence-electron chi connectivity index (χ1n) is 11.6. The minimum Gasteiger partial charge on any atom is -0.492 e. The monoisotopic (exact) mass is 495 g/mol. The molecule has 35 heavy (non-hydrogen) atoms. The van der Waals surface area contributed by atoms with E-state index in [-0.39, 0.29) is 12.3 Å². The average Bonchev–Trinajstić information content (AvgIpc) is 2.71. The highest BCUT2D eigenvalue weighted by Crippen LogP contribution is 2.30. The molecule has 1 heterocycles. The molecule has 196 valence electrons. The summed E-state index contributed by atoms with van der Waals surface area (Å²) in [5.41, 5.74) is -0.459. The van der Waals surface area contributed by atoms with Crippen LogP contribution in [0.3, 0.4) is 0 Å². The van der Waals surface area contributed by atoms with E-state index in [0.717, 1.165) is 0 Å². The van der Waals surface area contributed by atoms with Crippen LogP contribution >= 0.6 is 0 Å². The van der Waals surface area contributed by atoms with Crippen molar-refractivity contribution >= 4 is 23.6 Å². The molecular formula is C25H38FN3O6. The zero-order valence-electron chi connectivity index (χ0n) is 21.7. The van der Waals surface area contributed by atoms with Crippen LogP contribution in [0.1, 0.15) is 54.0 Å². The van der Waals surface area contributed by atoms with Crippen LogP contribution in [0.2, 0.25) is 0 Å². The van der Waals surface area contributed by atoms with Crippen molar-refractivity contribution in [2.45, 2.75) is 72.3 Å². The summed E-state index contributed by atoms with van der Waals surface area (Å²) in [6.07, 6.45) is -1.35. The molecule has 0 unspecified atom stereocenters. The van der Waals surface area contributed by atoms with Crippen molar-refractivity contribution in [3.8, 4) is 0 Å². The lowest BCUT2D eigenvalue weighted by molar-refractivity contribution is 0.0494. The van der Waals surface area contributed by atoms with Crippen molar-refractivity contribution < 1.29 is 32.9 Å². The second-order valence-corrected chi connectivity index (χ2v) is 10.3. The number of nitrogens with one attached hydrogen (secondary N) is 2. The number of alkyl carbamates (subject to hydrolysis) is 1. The van der Waals surface area contributed by atoms with Crippen molar-refractivity contribution in [3.63, 3.8) is 0 Å². The smallest absolute Gasteiger partial charge is 0.412 e. The van der Waals surface area contributed by atoms with Gasteiger partial charge in [0.05, 0.1) is 30.6 Å². The fourth-order valence-electron chi connectivity index (χ4n) is 3.16. The first-order valence-corrected chi connectivity index (χ1v) is 11.6. The molecule has 1 atom stereocenters. The minimum absolute atomic E-state index is 0.0209. The molecule has 1 aliphatic heterocycles. The number of hydrogen-bond acceptors (Lipinski definition) is 7. The second kappa shape index (κ2) is 11.6. The quantitative estimate of drug-likeness (QED) is 0.516. The molecule has 0 aromatic heterocycles. The van der Waals surface area contributed by atoms with Crippen LogP contribution in [0.5, 0.6) is 0 Å². The molecule has 0 spiro atoms. The molecule has 0 radical (unpaired) electrons. The Morgan fingerprint density at radius 3 is 2.23 bits per heavy atom. The lowest BCUT2D eigenvalue weighted by Crippen LogP contribution is -2.38. The van der Waals surface area contributed by atoms with E-state index in [1.807, 2.05) is 4.90 Å². The maximum absolute atomic E-state index is 15.4. The Labute approximate surface area is 206 Å². The standard InChI is InChI=1S/C25H38FN3O6/c1-16(27-22(30)34-24(3,4)5)17(2)33-15-18-13-19(28-23(31)35-25(6,7)8)21(26)20(14-18)29-9-11-32-12-10-29/h13-14,16H,2,9-12,15H2,1,3-8H3,(H,27,30)(H,28,31)/t16-/m1/s1. The third-order valence-electron chi connectivity index (χ3n) is 4.74. The maximum atomic E-state index is 15.4. The second-order valence-electron chi connectivity index (χ2n) is 10.3. The Bertz CT molecular complexity index is 917. The number of ether oxygens (including phenoxy) is 4. The van der Waals surface area contributed by atoms with Gasteiger partial charge in [-0.15, -0.1) is 0 Å². The van der Waals surface area contributed by atoms with Gasteiger partial charge in [-0.05, 0) is 66.2 Å². The van der Waals surface area contributed by atoms with Gasteiger partial charge in [0.2, 0.25) is 0 Å². The number of anilines is 2. The van der Waals surface area contributed by atoms with Crippen LogP contribution in [0.25, 0.3) is 0 Å². The van der Waals surface area contributed by atoms with Gasteiger partial charge in [0.1, 0.15) is 23.6 Å². The molecule has 1 fully saturated rings. The topological polar surface area (TPSA) is 98.4 Å². The number of carbonyl (C=O) groups is 2. The number of morpholine rings is 1. The third-order valence-corrected chi connectivity index (χ3v) is 4.74. The SMILES string of the molecule is C=C(OCc1cc(NC(=O)OC(C)(C)C)c(F)c(N2CCOCC2)c1)[C@@H](C)NC(=O)OC(C)(C)C. The van der Waals surface area contributed by atoms with Crippen molar-refractivity contribution in [2.75, 3.05) is 36.5 Å². The fraction of sp³-hybridized carbons (Fsp3) is 0.600. The Balaban J connectivity index is 2.16. The van der Waals surface area contributed by atoms with Gasteiger partial charge >= 0.3 is 12.2 Å². The van der Waals surface area contributed by atoms with Crippen LogP contribution in [0.4, 0.5) is 25.4 Å². The number of rotatable bonds is 7. The maximum Gasteiger partial charge on any atom is 0.412 e. The summed E-state index contributed by atoms with van der Waals surface area (Å²) in [4.78, 5) is 26.2. The fourth-order valence-corrected chi connectivity index (χ4v) is 3.16. The van der Waals surface area contributed by atoms with E-state index < -0.39 is 35.2 Å². The van der Waals surface area contributed by atoms with Crippen molar-refractivity contribution in [3.05, 3.63) is 35.9 Å². The number of hydrogen-bond donors (Lipinski definition) is 2. The van der Waals surface area contributed by atoms with Crippen molar-refractivity contribution in [2.24, 2.45) is 0 Å². The highest BCUT2D eigenvalue weighted by Gasteiger charge is 2.23. The molecule has 1 aromatic rings. The van der Waals surface area contributed by atoms with Gasteiger partial charge < -0.3 is 29.2 Å². The van der Waals surface area contributed by atoms with Gasteiger partial charge in [-0.1, -0.05) is 6.58 Å². The minimum atomic E-state index is -0.762. The Morgan fingerprint density at radius 2 is 1.66 bits per heavy atom. The number of nitrogens with zero attached hydrogens (tertiary/aromatic N) is 1. The molecule has 1 saturated heterocycles. The van der Waals surface area contributed by atoms with Crippen molar-refractivity contribution in [1.82, 2.24) is 5.32 Å². The number of benzene rings is 1. The van der Waals surface area contributed by atoms with E-state index in [4.69, 9.17) is 18.9 Å². The number of amides is 2. The average molecular weight is 496 g/mol. The molecular weight excluding hydrogens is 457 g/mol. The Kier molecular flexibility index (Phi) is 9.37.